The Bertz CT molecular complexity index is 572. The number of nitrogens with zero attached hydrogens (tertiary/aromatic N) is 1. The number of nitro benzene ring substituents is 1. The van der Waals surface area contributed by atoms with Crippen molar-refractivity contribution in [2.24, 2.45) is 5.41 Å². The molecule has 3 N–H and O–H groups in total. The third kappa shape index (κ3) is 2.49. The molecule has 1 aliphatic carbocycles. The van der Waals surface area contributed by atoms with Gasteiger partial charge in [0.2, 0.25) is 0 Å². The number of nitrogens with two attached hydrogens (primary N) is 1. The van der Waals surface area contributed by atoms with E-state index in [1.165, 1.54) is 0 Å². The Morgan fingerprint density at radius 3 is 2.63 bits per heavy atom. The van der Waals surface area contributed by atoms with Crippen LogP contribution in [0, 0.1) is 21.3 Å². The smallest absolute Gasteiger partial charge is 0.285 e. The zero-order valence-electron chi connectivity index (χ0n) is 10.6. The predicted molar refractivity (Wildman–Crippen MR) is 67.1 cm³/mol. The molecule has 0 bridgehead atoms. The number of nitro groups is 1. The maximum absolute atomic E-state index is 13.2. The Morgan fingerprint density at radius 2 is 2.16 bits per heavy atom. The van der Waals surface area contributed by atoms with E-state index in [1.54, 1.807) is 0 Å². The van der Waals surface area contributed by atoms with Crippen molar-refractivity contribution in [1.82, 2.24) is 5.32 Å². The van der Waals surface area contributed by atoms with E-state index < -0.39 is 22.3 Å². The third-order valence-electron chi connectivity index (χ3n) is 3.38. The van der Waals surface area contributed by atoms with Crippen LogP contribution in [-0.2, 0) is 0 Å². The summed E-state index contributed by atoms with van der Waals surface area (Å²) in [4.78, 5) is 22.0. The van der Waals surface area contributed by atoms with E-state index in [1.807, 2.05) is 13.8 Å². The average molecular weight is 267 g/mol. The fourth-order valence-electron chi connectivity index (χ4n) is 1.86. The highest BCUT2D eigenvalue weighted by Crippen LogP contribution is 2.44. The SMILES string of the molecule is CC1(C)CC1NC(=O)c1cc(N)c(F)cc1[N+](=O)[O-]. The van der Waals surface area contributed by atoms with E-state index in [2.05, 4.69) is 5.32 Å². The lowest BCUT2D eigenvalue weighted by Gasteiger charge is -2.08. The maximum atomic E-state index is 13.2. The number of nitrogen functional groups attached to an aromatic ring is 1. The van der Waals surface area contributed by atoms with Crippen molar-refractivity contribution in [2.45, 2.75) is 26.3 Å². The highest BCUT2D eigenvalue weighted by atomic mass is 19.1. The summed E-state index contributed by atoms with van der Waals surface area (Å²) < 4.78 is 13.2. The molecule has 1 saturated carbocycles. The number of hydrogen-bond acceptors (Lipinski definition) is 4. The van der Waals surface area contributed by atoms with Gasteiger partial charge in [-0.25, -0.2) is 4.39 Å². The Balaban J connectivity index is 2.30. The maximum Gasteiger partial charge on any atom is 0.285 e. The van der Waals surface area contributed by atoms with E-state index in [0.29, 0.717) is 6.07 Å². The number of amides is 1. The Hall–Kier alpha value is -2.18. The molecule has 6 nitrogen and oxygen atoms in total. The van der Waals surface area contributed by atoms with Crippen molar-refractivity contribution in [3.8, 4) is 0 Å². The molecular formula is C12H14FN3O3. The van der Waals surface area contributed by atoms with Gasteiger partial charge in [-0.3, -0.25) is 14.9 Å². The monoisotopic (exact) mass is 267 g/mol. The minimum Gasteiger partial charge on any atom is -0.396 e. The minimum atomic E-state index is -0.907. The molecule has 0 aliphatic heterocycles. The molecule has 2 rings (SSSR count). The molecule has 1 amide bonds. The molecule has 1 unspecified atom stereocenters. The summed E-state index contributed by atoms with van der Waals surface area (Å²) in [5.41, 5.74) is 4.26. The molecule has 0 radical (unpaired) electrons. The average Bonchev–Trinajstić information content (AvgIpc) is 2.88. The number of anilines is 1. The second kappa shape index (κ2) is 4.18. The number of carbonyl (C=O) groups excluding carboxylic acids is 1. The Kier molecular flexibility index (Phi) is 2.92. The van der Waals surface area contributed by atoms with Gasteiger partial charge in [-0.15, -0.1) is 0 Å². The van der Waals surface area contributed by atoms with Crippen molar-refractivity contribution >= 4 is 17.3 Å². The van der Waals surface area contributed by atoms with Crippen LogP contribution < -0.4 is 11.1 Å². The quantitative estimate of drug-likeness (QED) is 0.496. The predicted octanol–water partition coefficient (Wildman–Crippen LogP) is 1.84. The molecule has 1 atom stereocenters. The number of halogens is 1. The standard InChI is InChI=1S/C12H14FN3O3/c1-12(2)5-10(12)15-11(17)6-3-8(14)7(13)4-9(6)16(18)19/h3-4,10H,5,14H2,1-2H3,(H,15,17). The third-order valence-corrected chi connectivity index (χ3v) is 3.38. The van der Waals surface area contributed by atoms with Crippen LogP contribution in [0.2, 0.25) is 0 Å². The summed E-state index contributed by atoms with van der Waals surface area (Å²) in [7, 11) is 0. The van der Waals surface area contributed by atoms with E-state index in [0.717, 1.165) is 12.5 Å². The first-order valence-corrected chi connectivity index (χ1v) is 5.76. The Labute approximate surface area is 108 Å². The zero-order valence-corrected chi connectivity index (χ0v) is 10.6. The molecule has 1 fully saturated rings. The fraction of sp³-hybridized carbons (Fsp3) is 0.417. The molecule has 0 saturated heterocycles. The zero-order chi connectivity index (χ0) is 14.4. The summed E-state index contributed by atoms with van der Waals surface area (Å²) in [5, 5.41) is 13.5. The summed E-state index contributed by atoms with van der Waals surface area (Å²) in [6.07, 6.45) is 0.809. The van der Waals surface area contributed by atoms with Crippen molar-refractivity contribution in [1.29, 1.82) is 0 Å². The van der Waals surface area contributed by atoms with Gasteiger partial charge in [-0.05, 0) is 17.9 Å². The van der Waals surface area contributed by atoms with Crippen molar-refractivity contribution in [3.63, 3.8) is 0 Å². The molecule has 1 aliphatic rings. The van der Waals surface area contributed by atoms with Gasteiger partial charge in [-0.1, -0.05) is 13.8 Å². The van der Waals surface area contributed by atoms with E-state index in [-0.39, 0.29) is 22.7 Å². The van der Waals surface area contributed by atoms with Crippen LogP contribution >= 0.6 is 0 Å². The van der Waals surface area contributed by atoms with Crippen LogP contribution in [0.15, 0.2) is 12.1 Å². The molecule has 0 spiro atoms. The number of benzene rings is 1. The first kappa shape index (κ1) is 13.3. The topological polar surface area (TPSA) is 98.3 Å². The molecular weight excluding hydrogens is 253 g/mol. The number of nitrogens with one attached hydrogen (secondary N) is 1. The molecule has 19 heavy (non-hydrogen) atoms. The van der Waals surface area contributed by atoms with Gasteiger partial charge in [-0.2, -0.15) is 0 Å². The fourth-order valence-corrected chi connectivity index (χ4v) is 1.86. The van der Waals surface area contributed by atoms with Gasteiger partial charge in [0, 0.05) is 6.04 Å². The van der Waals surface area contributed by atoms with E-state index in [4.69, 9.17) is 5.73 Å². The second-order valence-electron chi connectivity index (χ2n) is 5.37. The lowest BCUT2D eigenvalue weighted by Crippen LogP contribution is -2.29. The van der Waals surface area contributed by atoms with Gasteiger partial charge in [0.15, 0.2) is 5.82 Å². The molecule has 0 heterocycles. The van der Waals surface area contributed by atoms with Gasteiger partial charge >= 0.3 is 0 Å². The minimum absolute atomic E-state index is 0.00395. The van der Waals surface area contributed by atoms with Crippen LogP contribution in [0.25, 0.3) is 0 Å². The molecule has 7 heteroatoms. The van der Waals surface area contributed by atoms with Gasteiger partial charge in [0.05, 0.1) is 16.7 Å². The molecule has 0 aromatic heterocycles. The first-order chi connectivity index (χ1) is 8.72. The summed E-state index contributed by atoms with van der Waals surface area (Å²) >= 11 is 0. The number of rotatable bonds is 3. The molecule has 102 valence electrons. The Morgan fingerprint density at radius 1 is 1.58 bits per heavy atom. The van der Waals surface area contributed by atoms with E-state index >= 15 is 0 Å². The summed E-state index contributed by atoms with van der Waals surface area (Å²) in [6.45, 7) is 3.96. The molecule has 1 aromatic carbocycles. The largest absolute Gasteiger partial charge is 0.396 e. The first-order valence-electron chi connectivity index (χ1n) is 5.76. The highest BCUT2D eigenvalue weighted by molar-refractivity contribution is 5.99. The van der Waals surface area contributed by atoms with Crippen LogP contribution in [0.3, 0.4) is 0 Å². The van der Waals surface area contributed by atoms with Crippen molar-refractivity contribution in [3.05, 3.63) is 33.6 Å². The molecule has 1 aromatic rings. The van der Waals surface area contributed by atoms with Gasteiger partial charge in [0.25, 0.3) is 11.6 Å². The van der Waals surface area contributed by atoms with Crippen LogP contribution in [0.4, 0.5) is 15.8 Å². The van der Waals surface area contributed by atoms with Gasteiger partial charge in [0.1, 0.15) is 5.56 Å². The number of hydrogen-bond donors (Lipinski definition) is 2. The summed E-state index contributed by atoms with van der Waals surface area (Å²) in [5.74, 6) is -1.51. The van der Waals surface area contributed by atoms with Crippen molar-refractivity contribution < 1.29 is 14.1 Å². The van der Waals surface area contributed by atoms with Crippen LogP contribution in [0.5, 0.6) is 0 Å². The van der Waals surface area contributed by atoms with Gasteiger partial charge < -0.3 is 11.1 Å². The van der Waals surface area contributed by atoms with E-state index in [9.17, 15) is 19.3 Å². The summed E-state index contributed by atoms with van der Waals surface area (Å²) in [6, 6.07) is 1.64. The lowest BCUT2D eigenvalue weighted by atomic mass is 10.1. The normalized spacial score (nSPS) is 19.8. The highest BCUT2D eigenvalue weighted by Gasteiger charge is 2.47. The second-order valence-corrected chi connectivity index (χ2v) is 5.37. The van der Waals surface area contributed by atoms with Crippen LogP contribution in [0.1, 0.15) is 30.6 Å². The lowest BCUT2D eigenvalue weighted by molar-refractivity contribution is -0.385. The van der Waals surface area contributed by atoms with Crippen LogP contribution in [-0.4, -0.2) is 16.9 Å². The number of carbonyl (C=O) groups is 1. The van der Waals surface area contributed by atoms with Crippen molar-refractivity contribution in [2.75, 3.05) is 5.73 Å².